The quantitative estimate of drug-likeness (QED) is 0.433. The first-order valence-corrected chi connectivity index (χ1v) is 7.29. The summed E-state index contributed by atoms with van der Waals surface area (Å²) in [6.45, 7) is -1.40. The molecule has 0 saturated carbocycles. The molecule has 4 unspecified atom stereocenters. The predicted molar refractivity (Wildman–Crippen MR) is 74.5 cm³/mol. The molecular formula is C12H14N2O8S. The van der Waals surface area contributed by atoms with E-state index in [9.17, 15) is 29.5 Å². The Morgan fingerprint density at radius 3 is 1.87 bits per heavy atom. The molecule has 4 atom stereocenters. The van der Waals surface area contributed by atoms with Gasteiger partial charge in [0.25, 0.3) is 0 Å². The Balaban J connectivity index is 3.13. The van der Waals surface area contributed by atoms with E-state index in [1.54, 1.807) is 6.07 Å². The van der Waals surface area contributed by atoms with Crippen molar-refractivity contribution in [2.24, 2.45) is 11.8 Å². The van der Waals surface area contributed by atoms with Gasteiger partial charge >= 0.3 is 23.9 Å². The molecule has 1 aliphatic rings. The summed E-state index contributed by atoms with van der Waals surface area (Å²) >= 11 is 0.708. The monoisotopic (exact) mass is 346 g/mol. The minimum Gasteiger partial charge on any atom is -0.481 e. The van der Waals surface area contributed by atoms with Gasteiger partial charge in [-0.05, 0) is 0 Å². The molecule has 1 saturated heterocycles. The highest BCUT2D eigenvalue weighted by Gasteiger charge is 2.51. The van der Waals surface area contributed by atoms with Crippen LogP contribution in [0.1, 0.15) is 6.42 Å². The Morgan fingerprint density at radius 1 is 1.00 bits per heavy atom. The van der Waals surface area contributed by atoms with Gasteiger partial charge in [0.15, 0.2) is 0 Å². The van der Waals surface area contributed by atoms with Crippen LogP contribution in [0.5, 0.6) is 0 Å². The Bertz CT molecular complexity index is 544. The third-order valence-corrected chi connectivity index (χ3v) is 5.00. The van der Waals surface area contributed by atoms with Crippen LogP contribution in [0.4, 0.5) is 0 Å². The molecule has 0 aliphatic carbocycles. The lowest BCUT2D eigenvalue weighted by molar-refractivity contribution is -0.144. The molecule has 0 aromatic heterocycles. The molecule has 0 bridgehead atoms. The molecule has 0 spiro atoms. The first-order chi connectivity index (χ1) is 10.7. The van der Waals surface area contributed by atoms with Crippen LogP contribution in [0.3, 0.4) is 0 Å². The maximum atomic E-state index is 11.3. The van der Waals surface area contributed by atoms with Crippen molar-refractivity contribution in [1.29, 1.82) is 5.26 Å². The van der Waals surface area contributed by atoms with Crippen molar-refractivity contribution in [2.45, 2.75) is 17.0 Å². The molecule has 0 amide bonds. The number of nitriles is 1. The van der Waals surface area contributed by atoms with Crippen molar-refractivity contribution >= 4 is 35.6 Å². The van der Waals surface area contributed by atoms with Crippen molar-refractivity contribution < 1.29 is 39.6 Å². The third-order valence-electron chi connectivity index (χ3n) is 3.28. The molecular weight excluding hydrogens is 332 g/mol. The highest BCUT2D eigenvalue weighted by Crippen LogP contribution is 2.46. The van der Waals surface area contributed by atoms with E-state index in [0.29, 0.717) is 11.8 Å². The van der Waals surface area contributed by atoms with Crippen LogP contribution in [0.2, 0.25) is 0 Å². The minimum atomic E-state index is -1.34. The number of thioether (sulfide) groups is 1. The zero-order valence-electron chi connectivity index (χ0n) is 11.7. The Kier molecular flexibility index (Phi) is 6.35. The lowest BCUT2D eigenvalue weighted by atomic mass is 9.87. The second-order valence-corrected chi connectivity index (χ2v) is 6.16. The van der Waals surface area contributed by atoms with Gasteiger partial charge in [-0.25, -0.2) is 0 Å². The Labute approximate surface area is 134 Å². The average molecular weight is 346 g/mol. The van der Waals surface area contributed by atoms with Gasteiger partial charge in [-0.3, -0.25) is 24.1 Å². The summed E-state index contributed by atoms with van der Waals surface area (Å²) in [4.78, 5) is 44.9. The van der Waals surface area contributed by atoms with Gasteiger partial charge in [0.2, 0.25) is 0 Å². The normalized spacial score (nSPS) is 26.6. The highest BCUT2D eigenvalue weighted by molar-refractivity contribution is 8.01. The van der Waals surface area contributed by atoms with Crippen LogP contribution in [0, 0.1) is 23.2 Å². The number of carboxylic acids is 4. The fourth-order valence-electron chi connectivity index (χ4n) is 2.47. The van der Waals surface area contributed by atoms with Crippen LogP contribution >= 0.6 is 11.8 Å². The molecule has 0 radical (unpaired) electrons. The lowest BCUT2D eigenvalue weighted by Gasteiger charge is -2.27. The summed E-state index contributed by atoms with van der Waals surface area (Å²) in [5.74, 6) is -7.44. The van der Waals surface area contributed by atoms with E-state index >= 15 is 0 Å². The largest absolute Gasteiger partial charge is 0.481 e. The number of nitrogens with zero attached hydrogens (tertiary/aromatic N) is 2. The summed E-state index contributed by atoms with van der Waals surface area (Å²) in [7, 11) is 0. The first-order valence-electron chi connectivity index (χ1n) is 6.34. The van der Waals surface area contributed by atoms with E-state index < -0.39 is 65.8 Å². The summed E-state index contributed by atoms with van der Waals surface area (Å²) in [5, 5.41) is 42.8. The first kappa shape index (κ1) is 18.7. The average Bonchev–Trinajstić information content (AvgIpc) is 2.74. The zero-order chi connectivity index (χ0) is 17.7. The summed E-state index contributed by atoms with van der Waals surface area (Å²) in [6, 6.07) is 1.81. The maximum Gasteiger partial charge on any atom is 0.317 e. The van der Waals surface area contributed by atoms with Crippen molar-refractivity contribution in [1.82, 2.24) is 4.90 Å². The zero-order valence-corrected chi connectivity index (χ0v) is 12.5. The van der Waals surface area contributed by atoms with Crippen molar-refractivity contribution in [3.05, 3.63) is 0 Å². The third kappa shape index (κ3) is 4.83. The van der Waals surface area contributed by atoms with E-state index in [2.05, 4.69) is 0 Å². The molecule has 1 heterocycles. The number of hydrogen-bond donors (Lipinski definition) is 4. The minimum absolute atomic E-state index is 0.577. The molecule has 4 N–H and O–H groups in total. The molecule has 1 rings (SSSR count). The van der Waals surface area contributed by atoms with E-state index in [1.165, 1.54) is 0 Å². The molecule has 1 fully saturated rings. The molecule has 23 heavy (non-hydrogen) atoms. The van der Waals surface area contributed by atoms with Crippen molar-refractivity contribution in [3.8, 4) is 6.07 Å². The van der Waals surface area contributed by atoms with Crippen molar-refractivity contribution in [3.63, 3.8) is 0 Å². The number of rotatable bonds is 8. The van der Waals surface area contributed by atoms with Gasteiger partial charge in [0.1, 0.15) is 5.25 Å². The van der Waals surface area contributed by atoms with Crippen LogP contribution in [0.25, 0.3) is 0 Å². The fraction of sp³-hybridized carbons (Fsp3) is 0.583. The topological polar surface area (TPSA) is 176 Å². The van der Waals surface area contributed by atoms with Gasteiger partial charge in [-0.2, -0.15) is 5.26 Å². The molecule has 126 valence electrons. The summed E-state index contributed by atoms with van der Waals surface area (Å²) in [6.07, 6.45) is -0.577. The number of carboxylic acid groups (broad SMARTS) is 4. The number of carbonyl (C=O) groups is 4. The highest BCUT2D eigenvalue weighted by atomic mass is 32.2. The fourth-order valence-corrected chi connectivity index (χ4v) is 4.11. The lowest BCUT2D eigenvalue weighted by Crippen LogP contribution is -2.43. The molecule has 0 aromatic rings. The van der Waals surface area contributed by atoms with Gasteiger partial charge in [0.05, 0.1) is 36.9 Å². The standard InChI is InChI=1S/C12H14N2O8S/c13-2-6-5(1-7(15)16)10(12(21)22)23-11(6)14(3-8(17)18)4-9(19)20/h5-6,10-11H,1,3-4H2,(H,15,16)(H,17,18)(H,19,20)(H,21,22). The molecule has 0 aromatic carbocycles. The second kappa shape index (κ2) is 7.80. The molecule has 11 heteroatoms. The Hall–Kier alpha value is -2.32. The van der Waals surface area contributed by atoms with Crippen LogP contribution in [0.15, 0.2) is 0 Å². The van der Waals surface area contributed by atoms with Crippen LogP contribution in [-0.2, 0) is 19.2 Å². The van der Waals surface area contributed by atoms with Gasteiger partial charge < -0.3 is 20.4 Å². The number of hydrogen-bond acceptors (Lipinski definition) is 7. The molecule has 1 aliphatic heterocycles. The van der Waals surface area contributed by atoms with E-state index in [0.717, 1.165) is 4.90 Å². The van der Waals surface area contributed by atoms with Crippen molar-refractivity contribution in [2.75, 3.05) is 13.1 Å². The smallest absolute Gasteiger partial charge is 0.317 e. The summed E-state index contributed by atoms with van der Waals surface area (Å²) < 4.78 is 0. The van der Waals surface area contributed by atoms with E-state index in [1.807, 2.05) is 0 Å². The molecule has 10 nitrogen and oxygen atoms in total. The Morgan fingerprint density at radius 2 is 1.52 bits per heavy atom. The van der Waals surface area contributed by atoms with E-state index in [-0.39, 0.29) is 0 Å². The maximum absolute atomic E-state index is 11.3. The predicted octanol–water partition coefficient (Wildman–Crippen LogP) is -0.786. The van der Waals surface area contributed by atoms with Crippen LogP contribution < -0.4 is 0 Å². The second-order valence-electron chi connectivity index (χ2n) is 4.89. The SMILES string of the molecule is N#CC1C(CC(=O)O)C(C(=O)O)SC1N(CC(=O)O)CC(=O)O. The van der Waals surface area contributed by atoms with Gasteiger partial charge in [-0.1, -0.05) is 0 Å². The van der Waals surface area contributed by atoms with Gasteiger partial charge in [-0.15, -0.1) is 11.8 Å². The van der Waals surface area contributed by atoms with Crippen LogP contribution in [-0.4, -0.2) is 72.9 Å². The summed E-state index contributed by atoms with van der Waals surface area (Å²) in [5.41, 5.74) is 0. The number of aliphatic carboxylic acids is 4. The van der Waals surface area contributed by atoms with E-state index in [4.69, 9.17) is 15.3 Å². The van der Waals surface area contributed by atoms with Gasteiger partial charge in [0, 0.05) is 5.92 Å².